The molecule has 0 unspecified atom stereocenters. The van der Waals surface area contributed by atoms with Crippen molar-refractivity contribution in [3.8, 4) is 11.3 Å². The van der Waals surface area contributed by atoms with Crippen LogP contribution in [-0.4, -0.2) is 16.0 Å². The zero-order valence-corrected chi connectivity index (χ0v) is 8.12. The van der Waals surface area contributed by atoms with Gasteiger partial charge < -0.3 is 0 Å². The normalized spacial score (nSPS) is 10.3. The number of hydrogen-bond acceptors (Lipinski definition) is 2. The standard InChI is InChI=1S/C11H9FN2O/c1-7(15)9-6-13-14-11(9)8-4-2-3-5-10(8)12/h2-6H,1H3,(H,13,14). The molecule has 76 valence electrons. The number of ketones is 1. The molecule has 0 aliphatic carbocycles. The van der Waals surface area contributed by atoms with Crippen molar-refractivity contribution in [3.05, 3.63) is 41.8 Å². The lowest BCUT2D eigenvalue weighted by Gasteiger charge is -2.01. The lowest BCUT2D eigenvalue weighted by molar-refractivity contribution is 0.101. The summed E-state index contributed by atoms with van der Waals surface area (Å²) in [4.78, 5) is 11.2. The number of halogens is 1. The minimum Gasteiger partial charge on any atom is -0.294 e. The molecule has 3 nitrogen and oxygen atoms in total. The summed E-state index contributed by atoms with van der Waals surface area (Å²) in [5.41, 5.74) is 1.20. The summed E-state index contributed by atoms with van der Waals surface area (Å²) in [7, 11) is 0. The van der Waals surface area contributed by atoms with Gasteiger partial charge in [-0.15, -0.1) is 0 Å². The lowest BCUT2D eigenvalue weighted by Crippen LogP contribution is -1.94. The van der Waals surface area contributed by atoms with E-state index in [0.717, 1.165) is 0 Å². The summed E-state index contributed by atoms with van der Waals surface area (Å²) in [5.74, 6) is -0.508. The van der Waals surface area contributed by atoms with Crippen LogP contribution in [0.1, 0.15) is 17.3 Å². The summed E-state index contributed by atoms with van der Waals surface area (Å²) in [6, 6.07) is 6.27. The molecule has 0 saturated heterocycles. The Bertz CT molecular complexity index is 505. The molecule has 0 radical (unpaired) electrons. The van der Waals surface area contributed by atoms with Crippen LogP contribution < -0.4 is 0 Å². The fraction of sp³-hybridized carbons (Fsp3) is 0.0909. The van der Waals surface area contributed by atoms with Crippen LogP contribution >= 0.6 is 0 Å². The van der Waals surface area contributed by atoms with Crippen molar-refractivity contribution in [1.29, 1.82) is 0 Å². The number of benzene rings is 1. The van der Waals surface area contributed by atoms with E-state index in [1.807, 2.05) is 0 Å². The lowest BCUT2D eigenvalue weighted by atomic mass is 10.1. The van der Waals surface area contributed by atoms with Gasteiger partial charge >= 0.3 is 0 Å². The third-order valence-corrected chi connectivity index (χ3v) is 2.16. The first-order chi connectivity index (χ1) is 7.20. The third kappa shape index (κ3) is 1.66. The van der Waals surface area contributed by atoms with Gasteiger partial charge in [-0.1, -0.05) is 12.1 Å². The first-order valence-corrected chi connectivity index (χ1v) is 4.49. The zero-order valence-electron chi connectivity index (χ0n) is 8.12. The van der Waals surface area contributed by atoms with Crippen molar-refractivity contribution in [2.75, 3.05) is 0 Å². The Morgan fingerprint density at radius 2 is 2.13 bits per heavy atom. The molecule has 2 rings (SSSR count). The number of aromatic amines is 1. The second kappa shape index (κ2) is 3.65. The van der Waals surface area contributed by atoms with Crippen molar-refractivity contribution in [2.24, 2.45) is 0 Å². The van der Waals surface area contributed by atoms with Crippen molar-refractivity contribution < 1.29 is 9.18 Å². The van der Waals surface area contributed by atoms with Crippen molar-refractivity contribution in [1.82, 2.24) is 10.2 Å². The van der Waals surface area contributed by atoms with E-state index in [2.05, 4.69) is 10.2 Å². The molecule has 1 aromatic carbocycles. The maximum Gasteiger partial charge on any atom is 0.163 e. The van der Waals surface area contributed by atoms with Crippen LogP contribution in [0.2, 0.25) is 0 Å². The summed E-state index contributed by atoms with van der Waals surface area (Å²) in [6.45, 7) is 1.43. The van der Waals surface area contributed by atoms with E-state index in [1.54, 1.807) is 18.2 Å². The van der Waals surface area contributed by atoms with E-state index < -0.39 is 0 Å². The van der Waals surface area contributed by atoms with Crippen molar-refractivity contribution >= 4 is 5.78 Å². The van der Waals surface area contributed by atoms with Gasteiger partial charge in [0.2, 0.25) is 0 Å². The first-order valence-electron chi connectivity index (χ1n) is 4.49. The van der Waals surface area contributed by atoms with Gasteiger partial charge in [0.25, 0.3) is 0 Å². The fourth-order valence-corrected chi connectivity index (χ4v) is 1.42. The van der Waals surface area contributed by atoms with Gasteiger partial charge in [0, 0.05) is 5.56 Å². The molecule has 2 aromatic rings. The van der Waals surface area contributed by atoms with E-state index in [-0.39, 0.29) is 11.6 Å². The molecule has 0 bridgehead atoms. The van der Waals surface area contributed by atoms with Gasteiger partial charge in [0.05, 0.1) is 17.5 Å². The summed E-state index contributed by atoms with van der Waals surface area (Å²) < 4.78 is 13.4. The number of nitrogens with zero attached hydrogens (tertiary/aromatic N) is 1. The largest absolute Gasteiger partial charge is 0.294 e. The topological polar surface area (TPSA) is 45.8 Å². The van der Waals surface area contributed by atoms with Crippen LogP contribution in [0.15, 0.2) is 30.5 Å². The second-order valence-corrected chi connectivity index (χ2v) is 3.19. The zero-order chi connectivity index (χ0) is 10.8. The molecule has 1 heterocycles. The van der Waals surface area contributed by atoms with Crippen molar-refractivity contribution in [2.45, 2.75) is 6.92 Å². The predicted molar refractivity (Wildman–Crippen MR) is 54.0 cm³/mol. The average molecular weight is 204 g/mol. The highest BCUT2D eigenvalue weighted by molar-refractivity contribution is 5.99. The van der Waals surface area contributed by atoms with Gasteiger partial charge in [-0.3, -0.25) is 9.89 Å². The Morgan fingerprint density at radius 1 is 1.40 bits per heavy atom. The maximum atomic E-state index is 13.4. The van der Waals surface area contributed by atoms with E-state index >= 15 is 0 Å². The maximum absolute atomic E-state index is 13.4. The Kier molecular flexibility index (Phi) is 2.33. The van der Waals surface area contributed by atoms with Gasteiger partial charge in [-0.2, -0.15) is 5.10 Å². The molecule has 0 saturated carbocycles. The number of rotatable bonds is 2. The monoisotopic (exact) mass is 204 g/mol. The second-order valence-electron chi connectivity index (χ2n) is 3.19. The average Bonchev–Trinajstić information content (AvgIpc) is 2.67. The molecule has 4 heteroatoms. The summed E-state index contributed by atoms with van der Waals surface area (Å²) >= 11 is 0. The van der Waals surface area contributed by atoms with E-state index in [4.69, 9.17) is 0 Å². The number of H-pyrrole nitrogens is 1. The highest BCUT2D eigenvalue weighted by atomic mass is 19.1. The molecule has 0 spiro atoms. The highest BCUT2D eigenvalue weighted by Gasteiger charge is 2.13. The number of Topliss-reactive ketones (excluding diaryl/α,β-unsaturated/α-hetero) is 1. The van der Waals surface area contributed by atoms with E-state index in [0.29, 0.717) is 16.8 Å². The molecule has 0 aliphatic rings. The molecule has 1 N–H and O–H groups in total. The molecule has 0 amide bonds. The van der Waals surface area contributed by atoms with Crippen molar-refractivity contribution in [3.63, 3.8) is 0 Å². The molecule has 0 aliphatic heterocycles. The highest BCUT2D eigenvalue weighted by Crippen LogP contribution is 2.23. The molecule has 15 heavy (non-hydrogen) atoms. The number of hydrogen-bond donors (Lipinski definition) is 1. The van der Waals surface area contributed by atoms with E-state index in [1.165, 1.54) is 19.2 Å². The Hall–Kier alpha value is -1.97. The first kappa shape index (κ1) is 9.58. The number of carbonyl (C=O) groups excluding carboxylic acids is 1. The van der Waals surface area contributed by atoms with Gasteiger partial charge in [0.1, 0.15) is 5.82 Å². The van der Waals surface area contributed by atoms with Crippen LogP contribution in [0.4, 0.5) is 4.39 Å². The third-order valence-electron chi connectivity index (χ3n) is 2.16. The van der Waals surface area contributed by atoms with Gasteiger partial charge in [-0.25, -0.2) is 4.39 Å². The Labute approximate surface area is 85.9 Å². The summed E-state index contributed by atoms with van der Waals surface area (Å²) in [6.07, 6.45) is 1.41. The minimum absolute atomic E-state index is 0.137. The number of nitrogens with one attached hydrogen (secondary N) is 1. The Balaban J connectivity index is 2.59. The minimum atomic E-state index is -0.371. The van der Waals surface area contributed by atoms with Gasteiger partial charge in [-0.05, 0) is 19.1 Å². The van der Waals surface area contributed by atoms with Crippen LogP contribution in [0.25, 0.3) is 11.3 Å². The van der Waals surface area contributed by atoms with Gasteiger partial charge in [0.15, 0.2) is 5.78 Å². The SMILES string of the molecule is CC(=O)c1cn[nH]c1-c1ccccc1F. The molecule has 0 atom stereocenters. The Morgan fingerprint density at radius 3 is 2.80 bits per heavy atom. The van der Waals surface area contributed by atoms with Crippen LogP contribution in [-0.2, 0) is 0 Å². The number of aromatic nitrogens is 2. The molecular formula is C11H9FN2O. The van der Waals surface area contributed by atoms with Crippen LogP contribution in [0, 0.1) is 5.82 Å². The smallest absolute Gasteiger partial charge is 0.163 e. The molecule has 1 aromatic heterocycles. The van der Waals surface area contributed by atoms with Crippen LogP contribution in [0.5, 0.6) is 0 Å². The summed E-state index contributed by atoms with van der Waals surface area (Å²) in [5, 5.41) is 6.38. The number of carbonyl (C=O) groups is 1. The fourth-order valence-electron chi connectivity index (χ4n) is 1.42. The quantitative estimate of drug-likeness (QED) is 0.763. The molecular weight excluding hydrogens is 195 g/mol. The van der Waals surface area contributed by atoms with E-state index in [9.17, 15) is 9.18 Å². The van der Waals surface area contributed by atoms with Crippen LogP contribution in [0.3, 0.4) is 0 Å². The molecule has 0 fully saturated rings. The predicted octanol–water partition coefficient (Wildman–Crippen LogP) is 2.42.